The van der Waals surface area contributed by atoms with Gasteiger partial charge in [-0.3, -0.25) is 30.0 Å². The van der Waals surface area contributed by atoms with Gasteiger partial charge in [0.25, 0.3) is 11.6 Å². The number of benzene rings is 2. The van der Waals surface area contributed by atoms with Crippen LogP contribution in [0.25, 0.3) is 11.0 Å². The number of carbonyl (C=O) groups is 1. The topological polar surface area (TPSA) is 180 Å². The summed E-state index contributed by atoms with van der Waals surface area (Å²) in [6.07, 6.45) is 1.11. The number of nitro benzene ring substituents is 1. The number of rotatable bonds is 6. The molecule has 12 heteroatoms. The van der Waals surface area contributed by atoms with E-state index in [0.717, 1.165) is 23.4 Å². The van der Waals surface area contributed by atoms with Gasteiger partial charge in [0.05, 0.1) is 22.2 Å². The number of fused-ring (bicyclic) bond motifs is 1. The molecule has 12 nitrogen and oxygen atoms in total. The average molecular weight is 423 g/mol. The third-order valence-corrected chi connectivity index (χ3v) is 4.73. The molecule has 3 aromatic rings. The highest BCUT2D eigenvalue weighted by Gasteiger charge is 2.37. The third-order valence-electron chi connectivity index (χ3n) is 4.73. The van der Waals surface area contributed by atoms with Crippen molar-refractivity contribution in [2.24, 2.45) is 10.9 Å². The zero-order valence-corrected chi connectivity index (χ0v) is 16.5. The molecule has 1 aromatic heterocycles. The molecule has 0 aliphatic heterocycles. The maximum Gasteiger partial charge on any atom is 0.304 e. The second kappa shape index (κ2) is 8.49. The van der Waals surface area contributed by atoms with Crippen LogP contribution in [0.4, 0.5) is 11.4 Å². The zero-order valence-electron chi connectivity index (χ0n) is 16.5. The molecule has 0 radical (unpaired) electrons. The number of hydrogen-bond donors (Lipinski definition) is 2. The lowest BCUT2D eigenvalue weighted by Gasteiger charge is -2.14. The van der Waals surface area contributed by atoms with E-state index < -0.39 is 27.5 Å². The quantitative estimate of drug-likeness (QED) is 0.262. The number of carbonyl (C=O) groups excluding carboxylic acids is 1. The van der Waals surface area contributed by atoms with Gasteiger partial charge < -0.3 is 11.2 Å². The summed E-state index contributed by atoms with van der Waals surface area (Å²) in [7, 11) is 0. The molecule has 31 heavy (non-hydrogen) atoms. The van der Waals surface area contributed by atoms with Gasteiger partial charge in [0.2, 0.25) is 5.71 Å². The number of nitrogens with two attached hydrogens (primary N) is 1. The van der Waals surface area contributed by atoms with E-state index in [-0.39, 0.29) is 16.9 Å². The Labute approximate surface area is 175 Å². The van der Waals surface area contributed by atoms with Gasteiger partial charge in [0.15, 0.2) is 0 Å². The van der Waals surface area contributed by atoms with Crippen molar-refractivity contribution in [2.75, 3.05) is 5.32 Å². The minimum atomic E-state index is -1.83. The normalized spacial score (nSPS) is 12.4. The molecule has 0 spiro atoms. The summed E-state index contributed by atoms with van der Waals surface area (Å²) in [5, 5.41) is 28.7. The summed E-state index contributed by atoms with van der Waals surface area (Å²) in [4.78, 5) is 42.3. The Balaban J connectivity index is 2.01. The summed E-state index contributed by atoms with van der Waals surface area (Å²) in [6, 6.07) is 7.15. The minimum Gasteiger partial charge on any atom is -0.323 e. The maximum atomic E-state index is 12.8. The molecular weight excluding hydrogens is 406 g/mol. The fourth-order valence-electron chi connectivity index (χ4n) is 2.93. The lowest BCUT2D eigenvalue weighted by molar-refractivity contribution is -0.509. The Morgan fingerprint density at radius 3 is 2.55 bits per heavy atom. The van der Waals surface area contributed by atoms with Crippen molar-refractivity contribution in [2.45, 2.75) is 19.9 Å². The van der Waals surface area contributed by atoms with Crippen LogP contribution < -0.4 is 11.2 Å². The number of aromatic nitrogens is 2. The van der Waals surface area contributed by atoms with E-state index in [0.29, 0.717) is 11.2 Å². The predicted molar refractivity (Wildman–Crippen MR) is 112 cm³/mol. The number of hydrazone groups is 1. The van der Waals surface area contributed by atoms with Gasteiger partial charge in [-0.15, -0.1) is 0 Å². The van der Waals surface area contributed by atoms with Crippen LogP contribution in [0.1, 0.15) is 22.9 Å². The Morgan fingerprint density at radius 2 is 1.90 bits per heavy atom. The van der Waals surface area contributed by atoms with Gasteiger partial charge in [-0.25, -0.2) is 4.98 Å². The molecule has 1 heterocycles. The molecule has 0 saturated carbocycles. The first kappa shape index (κ1) is 21.2. The number of anilines is 1. The SMILES string of the molecule is Cc1cccc(NC(=O)/C(=N\N)[C@@H](c2cnc3ccc([N+](=O)[O-])cc3n2)[N+](=O)[O-])c1C. The highest BCUT2D eigenvalue weighted by molar-refractivity contribution is 6.44. The number of non-ortho nitro benzene ring substituents is 1. The Morgan fingerprint density at radius 1 is 1.16 bits per heavy atom. The molecule has 0 unspecified atom stereocenters. The molecule has 158 valence electrons. The van der Waals surface area contributed by atoms with Gasteiger partial charge >= 0.3 is 6.04 Å². The van der Waals surface area contributed by atoms with Crippen molar-refractivity contribution in [1.82, 2.24) is 9.97 Å². The Kier molecular flexibility index (Phi) is 5.81. The molecule has 0 aliphatic rings. The van der Waals surface area contributed by atoms with Crippen LogP contribution in [-0.2, 0) is 4.79 Å². The van der Waals surface area contributed by atoms with Crippen LogP contribution in [0, 0.1) is 34.1 Å². The zero-order chi connectivity index (χ0) is 22.7. The van der Waals surface area contributed by atoms with E-state index in [2.05, 4.69) is 20.4 Å². The Bertz CT molecular complexity index is 1240. The molecule has 1 atom stereocenters. The van der Waals surface area contributed by atoms with Crippen molar-refractivity contribution in [3.63, 3.8) is 0 Å². The maximum absolute atomic E-state index is 12.8. The lowest BCUT2D eigenvalue weighted by atomic mass is 10.1. The van der Waals surface area contributed by atoms with Crippen molar-refractivity contribution in [3.05, 3.63) is 79.6 Å². The fourth-order valence-corrected chi connectivity index (χ4v) is 2.93. The molecule has 0 saturated heterocycles. The van der Waals surface area contributed by atoms with Crippen LogP contribution in [0.2, 0.25) is 0 Å². The molecule has 0 bridgehead atoms. The number of aryl methyl sites for hydroxylation is 1. The first-order valence-electron chi connectivity index (χ1n) is 8.93. The molecule has 0 aliphatic carbocycles. The van der Waals surface area contributed by atoms with Crippen molar-refractivity contribution >= 4 is 34.0 Å². The Hall–Kier alpha value is -4.48. The summed E-state index contributed by atoms with van der Waals surface area (Å²) >= 11 is 0. The van der Waals surface area contributed by atoms with E-state index in [1.54, 1.807) is 19.1 Å². The summed E-state index contributed by atoms with van der Waals surface area (Å²) in [5.41, 5.74) is 1.42. The second-order valence-corrected chi connectivity index (χ2v) is 6.63. The van der Waals surface area contributed by atoms with Crippen LogP contribution in [-0.4, -0.2) is 31.4 Å². The van der Waals surface area contributed by atoms with E-state index in [9.17, 15) is 25.0 Å². The number of nitrogens with one attached hydrogen (secondary N) is 1. The van der Waals surface area contributed by atoms with E-state index in [1.807, 2.05) is 13.0 Å². The molecule has 3 rings (SSSR count). The van der Waals surface area contributed by atoms with Gasteiger partial charge in [0, 0.05) is 22.7 Å². The average Bonchev–Trinajstić information content (AvgIpc) is 2.73. The molecule has 3 N–H and O–H groups in total. The van der Waals surface area contributed by atoms with Crippen molar-refractivity contribution in [3.8, 4) is 0 Å². The third kappa shape index (κ3) is 4.27. The number of hydrogen-bond acceptors (Lipinski definition) is 9. The highest BCUT2D eigenvalue weighted by atomic mass is 16.6. The van der Waals surface area contributed by atoms with Crippen LogP contribution in [0.3, 0.4) is 0 Å². The first-order valence-corrected chi connectivity index (χ1v) is 8.93. The standard InChI is InChI=1S/C19H17N7O5/c1-10-4-3-5-13(11(10)2)23-19(27)17(24-20)18(26(30)31)16-9-21-14-7-6-12(25(28)29)8-15(14)22-16/h3-9,18H,20H2,1-2H3,(H,23,27)/b24-17-/t18-/m1/s1. The lowest BCUT2D eigenvalue weighted by Crippen LogP contribution is -2.34. The highest BCUT2D eigenvalue weighted by Crippen LogP contribution is 2.23. The van der Waals surface area contributed by atoms with E-state index in [4.69, 9.17) is 5.84 Å². The van der Waals surface area contributed by atoms with Gasteiger partial charge in [-0.1, -0.05) is 12.1 Å². The summed E-state index contributed by atoms with van der Waals surface area (Å²) in [5.74, 6) is 4.46. The number of amides is 1. The van der Waals surface area contributed by atoms with Crippen LogP contribution in [0.15, 0.2) is 47.7 Å². The van der Waals surface area contributed by atoms with Crippen LogP contribution >= 0.6 is 0 Å². The van der Waals surface area contributed by atoms with E-state index in [1.165, 1.54) is 12.1 Å². The van der Waals surface area contributed by atoms with Gasteiger partial charge in [0.1, 0.15) is 5.69 Å². The van der Waals surface area contributed by atoms with Gasteiger partial charge in [-0.05, 0) is 37.1 Å². The predicted octanol–water partition coefficient (Wildman–Crippen LogP) is 2.43. The second-order valence-electron chi connectivity index (χ2n) is 6.63. The van der Waals surface area contributed by atoms with Crippen molar-refractivity contribution in [1.29, 1.82) is 0 Å². The summed E-state index contributed by atoms with van der Waals surface area (Å²) < 4.78 is 0. The van der Waals surface area contributed by atoms with Crippen LogP contribution in [0.5, 0.6) is 0 Å². The first-order chi connectivity index (χ1) is 14.7. The number of nitro groups is 2. The van der Waals surface area contributed by atoms with Crippen molar-refractivity contribution < 1.29 is 14.6 Å². The fraction of sp³-hybridized carbons (Fsp3) is 0.158. The summed E-state index contributed by atoms with van der Waals surface area (Å²) in [6.45, 7) is 3.64. The minimum absolute atomic E-state index is 0.0601. The van der Waals surface area contributed by atoms with E-state index >= 15 is 0 Å². The number of nitrogens with zero attached hydrogens (tertiary/aromatic N) is 5. The molecule has 0 fully saturated rings. The van der Waals surface area contributed by atoms with Gasteiger partial charge in [-0.2, -0.15) is 5.10 Å². The molecule has 1 amide bonds. The largest absolute Gasteiger partial charge is 0.323 e. The smallest absolute Gasteiger partial charge is 0.304 e. The molecular formula is C19H17N7O5. The monoisotopic (exact) mass is 423 g/mol. The molecule has 2 aromatic carbocycles.